The number of aliphatic hydroxyl groups is 1. The fraction of sp³-hybridized carbons (Fsp3) is 0.387. The second-order valence-electron chi connectivity index (χ2n) is 10.8. The van der Waals surface area contributed by atoms with Crippen LogP contribution in [-0.4, -0.2) is 41.0 Å². The molecule has 1 fully saturated rings. The zero-order chi connectivity index (χ0) is 27.4. The molecule has 3 N–H and O–H groups in total. The summed E-state index contributed by atoms with van der Waals surface area (Å²) < 4.78 is 20.6. The average molecular weight is 540 g/mol. The van der Waals surface area contributed by atoms with Crippen molar-refractivity contribution in [1.29, 1.82) is 0 Å². The number of hydrogen-bond acceptors (Lipinski definition) is 4. The molecule has 5 nitrogen and oxygen atoms in total. The van der Waals surface area contributed by atoms with Crippen molar-refractivity contribution >= 4 is 17.6 Å². The molecule has 38 heavy (non-hydrogen) atoms. The lowest BCUT2D eigenvalue weighted by molar-refractivity contribution is -0.0212. The first-order valence-corrected chi connectivity index (χ1v) is 13.3. The predicted molar refractivity (Wildman–Crippen MR) is 148 cm³/mol. The minimum absolute atomic E-state index is 0.0878. The van der Waals surface area contributed by atoms with Crippen molar-refractivity contribution in [3.05, 3.63) is 93.8 Å². The Morgan fingerprint density at radius 2 is 1.87 bits per heavy atom. The number of ether oxygens (including phenoxy) is 1. The van der Waals surface area contributed by atoms with E-state index in [9.17, 15) is 19.4 Å². The normalized spacial score (nSPS) is 15.3. The van der Waals surface area contributed by atoms with Crippen molar-refractivity contribution in [3.63, 3.8) is 0 Å². The number of carboxylic acid groups (broad SMARTS) is 1. The summed E-state index contributed by atoms with van der Waals surface area (Å²) in [5.74, 6) is -1.05. The number of nitrogens with one attached hydrogen (secondary N) is 1. The highest BCUT2D eigenvalue weighted by molar-refractivity contribution is 6.30. The predicted octanol–water partition coefficient (Wildman–Crippen LogP) is 6.59. The first kappa shape index (κ1) is 28.2. The van der Waals surface area contributed by atoms with Gasteiger partial charge in [-0.2, -0.15) is 0 Å². The third-order valence-corrected chi connectivity index (χ3v) is 7.33. The van der Waals surface area contributed by atoms with Crippen LogP contribution in [0, 0.1) is 18.7 Å². The van der Waals surface area contributed by atoms with Gasteiger partial charge in [-0.05, 0) is 92.0 Å². The van der Waals surface area contributed by atoms with Crippen LogP contribution < -0.4 is 5.32 Å². The number of benzene rings is 3. The van der Waals surface area contributed by atoms with E-state index in [1.54, 1.807) is 18.2 Å². The summed E-state index contributed by atoms with van der Waals surface area (Å²) in [5.41, 5.74) is 3.84. The summed E-state index contributed by atoms with van der Waals surface area (Å²) in [4.78, 5) is 11.9. The van der Waals surface area contributed by atoms with Crippen molar-refractivity contribution in [3.8, 4) is 11.1 Å². The Kier molecular flexibility index (Phi) is 8.89. The number of carboxylic acids is 1. The van der Waals surface area contributed by atoms with E-state index in [1.165, 1.54) is 6.07 Å². The SMILES string of the molecule is Cc1c(C(=O)O)ccc(-c2ccccc2)c1C(OC[C@H](O)CNC(C)(C)Cc1ccc(Cl)cc1F)C1CC1. The summed E-state index contributed by atoms with van der Waals surface area (Å²) in [5, 5.41) is 24.2. The Hall–Kier alpha value is -2.77. The number of β-amino-alcohol motifs (C(OH)–C–C–N with tert-alkyl or cyclic N) is 1. The molecule has 1 aliphatic rings. The molecule has 0 aromatic heterocycles. The maximum absolute atomic E-state index is 14.3. The van der Waals surface area contributed by atoms with Crippen LogP contribution in [0.4, 0.5) is 4.39 Å². The molecule has 7 heteroatoms. The number of aliphatic hydroxyl groups excluding tert-OH is 1. The fourth-order valence-corrected chi connectivity index (χ4v) is 5.08. The summed E-state index contributed by atoms with van der Waals surface area (Å²) in [6.45, 7) is 6.09. The maximum atomic E-state index is 14.3. The van der Waals surface area contributed by atoms with E-state index in [4.69, 9.17) is 16.3 Å². The molecule has 3 aromatic rings. The van der Waals surface area contributed by atoms with E-state index in [0.29, 0.717) is 22.6 Å². The van der Waals surface area contributed by atoms with E-state index >= 15 is 0 Å². The third-order valence-electron chi connectivity index (χ3n) is 7.10. The topological polar surface area (TPSA) is 78.8 Å². The van der Waals surface area contributed by atoms with Gasteiger partial charge in [0.25, 0.3) is 0 Å². The molecule has 0 bridgehead atoms. The lowest BCUT2D eigenvalue weighted by Gasteiger charge is -2.29. The van der Waals surface area contributed by atoms with Crippen LogP contribution >= 0.6 is 11.6 Å². The van der Waals surface area contributed by atoms with Crippen LogP contribution in [0.3, 0.4) is 0 Å². The molecule has 3 aromatic carbocycles. The van der Waals surface area contributed by atoms with Crippen molar-refractivity contribution in [2.45, 2.75) is 57.8 Å². The van der Waals surface area contributed by atoms with E-state index < -0.39 is 17.6 Å². The second kappa shape index (κ2) is 12.0. The van der Waals surface area contributed by atoms with Gasteiger partial charge >= 0.3 is 5.97 Å². The van der Waals surface area contributed by atoms with Crippen molar-refractivity contribution in [1.82, 2.24) is 5.32 Å². The van der Waals surface area contributed by atoms with Gasteiger partial charge in [0, 0.05) is 17.1 Å². The molecule has 0 aliphatic heterocycles. The van der Waals surface area contributed by atoms with E-state index in [-0.39, 0.29) is 36.6 Å². The van der Waals surface area contributed by atoms with Gasteiger partial charge in [0.15, 0.2) is 0 Å². The highest BCUT2D eigenvalue weighted by atomic mass is 35.5. The standard InChI is InChI=1S/C31H35ClFNO4/c1-19-25(30(36)37)13-14-26(20-7-5-4-6-8-20)28(19)29(21-9-10-21)38-18-24(35)17-34-31(2,3)16-22-11-12-23(32)15-27(22)33/h4-8,11-15,21,24,29,34-35H,9-10,16-18H2,1-3H3,(H,36,37)/t24-,29?/m1/s1. The monoisotopic (exact) mass is 539 g/mol. The van der Waals surface area contributed by atoms with Gasteiger partial charge in [0.05, 0.1) is 24.4 Å². The molecule has 2 atom stereocenters. The van der Waals surface area contributed by atoms with Gasteiger partial charge in [-0.25, -0.2) is 9.18 Å². The molecule has 1 saturated carbocycles. The van der Waals surface area contributed by atoms with Crippen LogP contribution in [0.25, 0.3) is 11.1 Å². The van der Waals surface area contributed by atoms with Crippen LogP contribution in [0.5, 0.6) is 0 Å². The quantitative estimate of drug-likeness (QED) is 0.242. The summed E-state index contributed by atoms with van der Waals surface area (Å²) in [6.07, 6.45) is 1.28. The number of halogens is 2. The second-order valence-corrected chi connectivity index (χ2v) is 11.2. The van der Waals surface area contributed by atoms with E-state index in [1.807, 2.05) is 57.2 Å². The summed E-state index contributed by atoms with van der Waals surface area (Å²) in [7, 11) is 0. The van der Waals surface area contributed by atoms with E-state index in [0.717, 1.165) is 29.5 Å². The smallest absolute Gasteiger partial charge is 0.335 e. The summed E-state index contributed by atoms with van der Waals surface area (Å²) >= 11 is 5.87. The van der Waals surface area contributed by atoms with Crippen molar-refractivity contribution in [2.75, 3.05) is 13.2 Å². The van der Waals surface area contributed by atoms with Crippen LogP contribution in [-0.2, 0) is 11.2 Å². The van der Waals surface area contributed by atoms with Gasteiger partial charge in [0.2, 0.25) is 0 Å². The first-order valence-electron chi connectivity index (χ1n) is 13.0. The number of aromatic carboxylic acids is 1. The fourth-order valence-electron chi connectivity index (χ4n) is 4.92. The summed E-state index contributed by atoms with van der Waals surface area (Å²) in [6, 6.07) is 18.0. The lowest BCUT2D eigenvalue weighted by atomic mass is 9.88. The largest absolute Gasteiger partial charge is 0.478 e. The molecule has 4 rings (SSSR count). The molecular formula is C31H35ClFNO4. The van der Waals surface area contributed by atoms with Gasteiger partial charge in [-0.3, -0.25) is 0 Å². The molecule has 1 aliphatic carbocycles. The third kappa shape index (κ3) is 7.00. The zero-order valence-electron chi connectivity index (χ0n) is 22.0. The molecular weight excluding hydrogens is 505 g/mol. The van der Waals surface area contributed by atoms with Crippen LogP contribution in [0.2, 0.25) is 5.02 Å². The minimum Gasteiger partial charge on any atom is -0.478 e. The highest BCUT2D eigenvalue weighted by Gasteiger charge is 2.37. The van der Waals surface area contributed by atoms with Crippen molar-refractivity contribution in [2.24, 2.45) is 5.92 Å². The minimum atomic E-state index is -0.971. The van der Waals surface area contributed by atoms with Gasteiger partial charge in [-0.15, -0.1) is 0 Å². The Bertz CT molecular complexity index is 1280. The van der Waals surface area contributed by atoms with Gasteiger partial charge < -0.3 is 20.3 Å². The van der Waals surface area contributed by atoms with E-state index in [2.05, 4.69) is 5.32 Å². The zero-order valence-corrected chi connectivity index (χ0v) is 22.8. The van der Waals surface area contributed by atoms with Crippen molar-refractivity contribution < 1.29 is 24.1 Å². The Morgan fingerprint density at radius 1 is 1.16 bits per heavy atom. The molecule has 0 amide bonds. The molecule has 202 valence electrons. The number of carbonyl (C=O) groups is 1. The molecule has 0 saturated heterocycles. The molecule has 1 unspecified atom stereocenters. The Morgan fingerprint density at radius 3 is 2.50 bits per heavy atom. The maximum Gasteiger partial charge on any atom is 0.335 e. The average Bonchev–Trinajstić information content (AvgIpc) is 3.71. The first-order chi connectivity index (χ1) is 18.1. The van der Waals surface area contributed by atoms with Gasteiger partial charge in [-0.1, -0.05) is 54.1 Å². The number of hydrogen-bond donors (Lipinski definition) is 3. The number of rotatable bonds is 12. The molecule has 0 spiro atoms. The van der Waals surface area contributed by atoms with Crippen LogP contribution in [0.15, 0.2) is 60.7 Å². The van der Waals surface area contributed by atoms with Gasteiger partial charge in [0.1, 0.15) is 5.82 Å². The molecule has 0 radical (unpaired) electrons. The van der Waals surface area contributed by atoms with Crippen LogP contribution in [0.1, 0.15) is 59.8 Å². The lowest BCUT2D eigenvalue weighted by Crippen LogP contribution is -2.46. The Balaban J connectivity index is 1.47. The Labute approximate surface area is 228 Å². The molecule has 0 heterocycles. The highest BCUT2D eigenvalue weighted by Crippen LogP contribution is 2.47.